The van der Waals surface area contributed by atoms with Crippen molar-refractivity contribution >= 4 is 49.6 Å². The Kier molecular flexibility index (Phi) is 7.26. The van der Waals surface area contributed by atoms with Crippen LogP contribution in [0.4, 0.5) is 17.1 Å². The molecule has 13 rings (SSSR count). The van der Waals surface area contributed by atoms with Crippen LogP contribution in [0, 0.1) is 0 Å². The van der Waals surface area contributed by atoms with Crippen molar-refractivity contribution in [1.29, 1.82) is 0 Å². The minimum absolute atomic E-state index is 0.563. The zero-order valence-corrected chi connectivity index (χ0v) is 33.3. The molecule has 1 aromatic heterocycles. The van der Waals surface area contributed by atoms with Crippen LogP contribution >= 0.6 is 0 Å². The van der Waals surface area contributed by atoms with Gasteiger partial charge < -0.3 is 9.47 Å². The van der Waals surface area contributed by atoms with Crippen molar-refractivity contribution in [3.05, 3.63) is 253 Å². The molecule has 0 radical (unpaired) electrons. The van der Waals surface area contributed by atoms with Crippen molar-refractivity contribution < 1.29 is 0 Å². The molecule has 2 aliphatic rings. The lowest BCUT2D eigenvalue weighted by atomic mass is 9.63. The third kappa shape index (κ3) is 4.73. The molecule has 0 amide bonds. The number of anilines is 3. The van der Waals surface area contributed by atoms with E-state index in [1.54, 1.807) is 0 Å². The molecule has 1 spiro atoms. The molecule has 0 saturated carbocycles. The monoisotopic (exact) mass is 774 g/mol. The van der Waals surface area contributed by atoms with Gasteiger partial charge in [-0.1, -0.05) is 176 Å². The van der Waals surface area contributed by atoms with Gasteiger partial charge in [0.1, 0.15) is 0 Å². The highest BCUT2D eigenvalue weighted by Gasteiger charge is 2.50. The minimum atomic E-state index is -0.563. The molecule has 0 unspecified atom stereocenters. The lowest BCUT2D eigenvalue weighted by molar-refractivity contribution is 0.783. The van der Waals surface area contributed by atoms with E-state index in [-0.39, 0.29) is 0 Å². The highest BCUT2D eigenvalue weighted by molar-refractivity contribution is 6.27. The molecule has 2 heteroatoms. The first-order valence-electron chi connectivity index (χ1n) is 21.2. The summed E-state index contributed by atoms with van der Waals surface area (Å²) >= 11 is 0. The average molecular weight is 775 g/mol. The molecule has 10 aromatic carbocycles. The third-order valence-electron chi connectivity index (χ3n) is 13.4. The Balaban J connectivity index is 1.17. The molecule has 2 aliphatic carbocycles. The maximum absolute atomic E-state index is 2.54. The largest absolute Gasteiger partial charge is 0.310 e. The van der Waals surface area contributed by atoms with Crippen LogP contribution < -0.4 is 4.90 Å². The van der Waals surface area contributed by atoms with Gasteiger partial charge in [0.15, 0.2) is 0 Å². The Morgan fingerprint density at radius 1 is 0.328 bits per heavy atom. The smallest absolute Gasteiger partial charge is 0.0727 e. The zero-order chi connectivity index (χ0) is 40.1. The summed E-state index contributed by atoms with van der Waals surface area (Å²) in [5, 5.41) is 5.21. The van der Waals surface area contributed by atoms with Crippen molar-refractivity contribution in [3.8, 4) is 39.1 Å². The first kappa shape index (κ1) is 34.0. The molecule has 1 heterocycles. The fourth-order valence-corrected chi connectivity index (χ4v) is 10.9. The molecular formula is C59H38N2. The number of benzene rings is 10. The van der Waals surface area contributed by atoms with E-state index in [1.807, 2.05) is 0 Å². The van der Waals surface area contributed by atoms with Gasteiger partial charge in [-0.25, -0.2) is 0 Å². The summed E-state index contributed by atoms with van der Waals surface area (Å²) in [5.74, 6) is 0. The Morgan fingerprint density at radius 2 is 0.885 bits per heavy atom. The van der Waals surface area contributed by atoms with E-state index in [0.29, 0.717) is 0 Å². The van der Waals surface area contributed by atoms with Gasteiger partial charge in [0, 0.05) is 33.4 Å². The number of aromatic nitrogens is 1. The Hall–Kier alpha value is -7.94. The van der Waals surface area contributed by atoms with E-state index in [1.165, 1.54) is 93.9 Å². The van der Waals surface area contributed by atoms with Crippen LogP contribution in [0.3, 0.4) is 0 Å². The molecule has 0 saturated heterocycles. The van der Waals surface area contributed by atoms with Crippen LogP contribution in [0.15, 0.2) is 231 Å². The fraction of sp³-hybridized carbons (Fsp3) is 0.0169. The summed E-state index contributed by atoms with van der Waals surface area (Å²) in [7, 11) is 0. The van der Waals surface area contributed by atoms with Gasteiger partial charge in [0.2, 0.25) is 0 Å². The Morgan fingerprint density at radius 3 is 1.59 bits per heavy atom. The molecule has 0 aliphatic heterocycles. The molecule has 284 valence electrons. The standard InChI is InChI=1S/C59H38N2/c1-4-17-39(18-5-1)40-31-34-44(35-32-40)60(53-29-15-12-23-46(53)41-19-6-2-7-20-41)45-37-42-33-36-55-58-56(42)52(38-45)59(49-26-13-10-24-47(49)48-25-11-14-27-50(48)59)51-28-16-30-54(57(51)58)61(55)43-21-8-3-9-22-43/h1-38H. The molecule has 0 atom stereocenters. The van der Waals surface area contributed by atoms with Crippen molar-refractivity contribution in [2.75, 3.05) is 4.90 Å². The van der Waals surface area contributed by atoms with Gasteiger partial charge in [0.05, 0.1) is 22.1 Å². The van der Waals surface area contributed by atoms with Crippen molar-refractivity contribution in [2.45, 2.75) is 5.41 Å². The van der Waals surface area contributed by atoms with Crippen LogP contribution in [0.25, 0.3) is 71.6 Å². The number of hydrogen-bond acceptors (Lipinski definition) is 1. The average Bonchev–Trinajstić information content (AvgIpc) is 3.83. The first-order chi connectivity index (χ1) is 30.3. The maximum Gasteiger partial charge on any atom is 0.0727 e. The number of rotatable bonds is 6. The van der Waals surface area contributed by atoms with E-state index < -0.39 is 5.41 Å². The number of nitrogens with zero attached hydrogens (tertiary/aromatic N) is 2. The zero-order valence-electron chi connectivity index (χ0n) is 33.3. The summed E-state index contributed by atoms with van der Waals surface area (Å²) in [4.78, 5) is 2.49. The normalized spacial score (nSPS) is 13.0. The van der Waals surface area contributed by atoms with Gasteiger partial charge >= 0.3 is 0 Å². The van der Waals surface area contributed by atoms with E-state index in [9.17, 15) is 0 Å². The third-order valence-corrected chi connectivity index (χ3v) is 13.4. The Bertz CT molecular complexity index is 3460. The molecule has 61 heavy (non-hydrogen) atoms. The minimum Gasteiger partial charge on any atom is -0.310 e. The second-order valence-corrected chi connectivity index (χ2v) is 16.4. The summed E-state index contributed by atoms with van der Waals surface area (Å²) in [6.45, 7) is 0. The lowest BCUT2D eigenvalue weighted by Crippen LogP contribution is -2.31. The van der Waals surface area contributed by atoms with Gasteiger partial charge in [-0.15, -0.1) is 0 Å². The predicted octanol–water partition coefficient (Wildman–Crippen LogP) is 15.4. The van der Waals surface area contributed by atoms with Gasteiger partial charge in [-0.05, 0) is 115 Å². The quantitative estimate of drug-likeness (QED) is 0.163. The molecule has 0 bridgehead atoms. The summed E-state index contributed by atoms with van der Waals surface area (Å²) in [6.07, 6.45) is 0. The number of fused-ring (bicyclic) bond motifs is 7. The second-order valence-electron chi connectivity index (χ2n) is 16.4. The molecule has 11 aromatic rings. The SMILES string of the molecule is c1ccc(-c2ccc(N(c3cc4c5c(ccc6c5c5c(cccc5n6-c5ccccc5)C45c4ccccc4-c4ccccc45)c3)c3ccccc3-c3ccccc3)cc2)cc1. The topological polar surface area (TPSA) is 8.17 Å². The van der Waals surface area contributed by atoms with Crippen molar-refractivity contribution in [1.82, 2.24) is 4.57 Å². The molecule has 0 fully saturated rings. The maximum atomic E-state index is 2.54. The second kappa shape index (κ2) is 13.0. The van der Waals surface area contributed by atoms with Crippen molar-refractivity contribution in [3.63, 3.8) is 0 Å². The van der Waals surface area contributed by atoms with E-state index in [2.05, 4.69) is 240 Å². The molecule has 2 nitrogen and oxygen atoms in total. The fourth-order valence-electron chi connectivity index (χ4n) is 10.9. The lowest BCUT2D eigenvalue weighted by Gasteiger charge is -2.39. The van der Waals surface area contributed by atoms with E-state index in [4.69, 9.17) is 0 Å². The van der Waals surface area contributed by atoms with E-state index in [0.717, 1.165) is 17.1 Å². The van der Waals surface area contributed by atoms with Gasteiger partial charge in [0.25, 0.3) is 0 Å². The summed E-state index contributed by atoms with van der Waals surface area (Å²) < 4.78 is 2.48. The molecular weight excluding hydrogens is 737 g/mol. The van der Waals surface area contributed by atoms with Crippen LogP contribution in [0.2, 0.25) is 0 Å². The van der Waals surface area contributed by atoms with Crippen molar-refractivity contribution in [2.24, 2.45) is 0 Å². The highest BCUT2D eigenvalue weighted by atomic mass is 15.1. The van der Waals surface area contributed by atoms with Crippen LogP contribution in [-0.4, -0.2) is 4.57 Å². The Labute approximate surface area is 354 Å². The predicted molar refractivity (Wildman–Crippen MR) is 255 cm³/mol. The van der Waals surface area contributed by atoms with Crippen LogP contribution in [0.1, 0.15) is 22.3 Å². The number of para-hydroxylation sites is 2. The van der Waals surface area contributed by atoms with Crippen LogP contribution in [-0.2, 0) is 5.41 Å². The van der Waals surface area contributed by atoms with Crippen LogP contribution in [0.5, 0.6) is 0 Å². The highest BCUT2D eigenvalue weighted by Crippen LogP contribution is 2.63. The molecule has 0 N–H and O–H groups in total. The van der Waals surface area contributed by atoms with E-state index >= 15 is 0 Å². The summed E-state index contributed by atoms with van der Waals surface area (Å²) in [5.41, 5.74) is 19.1. The number of hydrogen-bond donors (Lipinski definition) is 0. The summed E-state index contributed by atoms with van der Waals surface area (Å²) in [6, 6.07) is 85.3. The first-order valence-corrected chi connectivity index (χ1v) is 21.2. The van der Waals surface area contributed by atoms with Gasteiger partial charge in [-0.3, -0.25) is 0 Å². The van der Waals surface area contributed by atoms with Gasteiger partial charge in [-0.2, -0.15) is 0 Å².